The third-order valence-electron chi connectivity index (χ3n) is 7.92. The van der Waals surface area contributed by atoms with Crippen molar-refractivity contribution in [2.45, 2.75) is 39.7 Å². The molecule has 0 unspecified atom stereocenters. The zero-order chi connectivity index (χ0) is 29.6. The Bertz CT molecular complexity index is 1780. The lowest BCUT2D eigenvalue weighted by atomic mass is 9.98. The number of hydrogen-bond acceptors (Lipinski definition) is 5. The van der Waals surface area contributed by atoms with E-state index in [1.165, 1.54) is 6.08 Å². The highest BCUT2D eigenvalue weighted by atomic mass is 35.5. The van der Waals surface area contributed by atoms with Gasteiger partial charge in [0.05, 0.1) is 33.8 Å². The zero-order valence-corrected chi connectivity index (χ0v) is 24.7. The fourth-order valence-electron chi connectivity index (χ4n) is 5.95. The molecule has 1 saturated heterocycles. The number of hydrogen-bond donors (Lipinski definition) is 0. The molecule has 0 N–H and O–H groups in total. The Morgan fingerprint density at radius 2 is 1.98 bits per heavy atom. The van der Waals surface area contributed by atoms with Gasteiger partial charge in [-0.3, -0.25) is 18.8 Å². The van der Waals surface area contributed by atoms with Crippen LogP contribution in [0, 0.1) is 18.3 Å². The Labute approximate surface area is 244 Å². The van der Waals surface area contributed by atoms with Crippen LogP contribution in [0.5, 0.6) is 0 Å². The second-order valence-corrected chi connectivity index (χ2v) is 11.3. The first kappa shape index (κ1) is 28.2. The number of halogens is 1. The van der Waals surface area contributed by atoms with E-state index in [9.17, 15) is 14.9 Å². The molecule has 8 nitrogen and oxygen atoms in total. The van der Waals surface area contributed by atoms with Crippen LogP contribution < -0.4 is 10.5 Å². The number of anilines is 1. The predicted molar refractivity (Wildman–Crippen MR) is 164 cm³/mol. The van der Waals surface area contributed by atoms with Crippen molar-refractivity contribution in [1.82, 2.24) is 19.2 Å². The van der Waals surface area contributed by atoms with E-state index in [-0.39, 0.29) is 23.4 Å². The van der Waals surface area contributed by atoms with Gasteiger partial charge in [-0.2, -0.15) is 10.4 Å². The van der Waals surface area contributed by atoms with E-state index < -0.39 is 5.56 Å². The average Bonchev–Trinajstić information content (AvgIpc) is 3.29. The van der Waals surface area contributed by atoms with E-state index >= 15 is 0 Å². The largest absolute Gasteiger partial charge is 0.363 e. The molecule has 210 valence electrons. The second-order valence-electron chi connectivity index (χ2n) is 10.9. The van der Waals surface area contributed by atoms with Gasteiger partial charge in [-0.25, -0.2) is 0 Å². The Morgan fingerprint density at radius 1 is 1.24 bits per heavy atom. The summed E-state index contributed by atoms with van der Waals surface area (Å²) < 4.78 is 3.43. The highest BCUT2D eigenvalue weighted by Gasteiger charge is 2.31. The van der Waals surface area contributed by atoms with Crippen molar-refractivity contribution in [2.75, 3.05) is 24.5 Å². The van der Waals surface area contributed by atoms with E-state index in [0.717, 1.165) is 28.1 Å². The molecule has 2 aromatic heterocycles. The third-order valence-corrected chi connectivity index (χ3v) is 8.24. The maximum Gasteiger partial charge on any atom is 0.275 e. The number of nitriles is 1. The number of benzene rings is 2. The molecule has 3 heterocycles. The quantitative estimate of drug-likeness (QED) is 0.294. The molecule has 0 saturated carbocycles. The maximum atomic E-state index is 14.4. The van der Waals surface area contributed by atoms with Gasteiger partial charge in [0, 0.05) is 43.7 Å². The lowest BCUT2D eigenvalue weighted by Crippen LogP contribution is -2.54. The van der Waals surface area contributed by atoms with Gasteiger partial charge in [0.2, 0.25) is 5.91 Å². The second kappa shape index (κ2) is 10.9. The molecule has 0 radical (unpaired) electrons. The summed E-state index contributed by atoms with van der Waals surface area (Å²) in [5.41, 5.74) is 5.11. The molecule has 1 amide bonds. The van der Waals surface area contributed by atoms with Crippen molar-refractivity contribution in [1.29, 1.82) is 5.26 Å². The zero-order valence-electron chi connectivity index (χ0n) is 24.0. The SMILES string of the molecule is C=CC(=O)N1CCN(c2c(C#N)c(=O)n(-c3ccccc3C(C)C)c3cc(-c4c(C)cnn4C)c(Cl)cc23)[C@@H](C)C1. The summed E-state index contributed by atoms with van der Waals surface area (Å²) in [6.45, 7) is 13.1. The summed E-state index contributed by atoms with van der Waals surface area (Å²) in [7, 11) is 1.86. The minimum absolute atomic E-state index is 0.0481. The smallest absolute Gasteiger partial charge is 0.275 e. The van der Waals surface area contributed by atoms with Gasteiger partial charge in [0.25, 0.3) is 5.56 Å². The first-order valence-corrected chi connectivity index (χ1v) is 14.0. The fraction of sp³-hybridized carbons (Fsp3) is 0.312. The van der Waals surface area contributed by atoms with Crippen molar-refractivity contribution in [2.24, 2.45) is 7.05 Å². The molecular formula is C32H33ClN6O2. The number of para-hydroxylation sites is 1. The summed E-state index contributed by atoms with van der Waals surface area (Å²) in [5.74, 6) is 0.00163. The van der Waals surface area contributed by atoms with Crippen molar-refractivity contribution in [3.8, 4) is 23.0 Å². The number of rotatable bonds is 5. The molecule has 9 heteroatoms. The first-order chi connectivity index (χ1) is 19.6. The van der Waals surface area contributed by atoms with Gasteiger partial charge in [0.1, 0.15) is 11.6 Å². The number of amides is 1. The number of pyridine rings is 1. The minimum Gasteiger partial charge on any atom is -0.363 e. The van der Waals surface area contributed by atoms with Gasteiger partial charge in [-0.1, -0.05) is 50.2 Å². The Balaban J connectivity index is 1.88. The summed E-state index contributed by atoms with van der Waals surface area (Å²) in [4.78, 5) is 30.5. The fourth-order valence-corrected chi connectivity index (χ4v) is 6.20. The van der Waals surface area contributed by atoms with E-state index in [4.69, 9.17) is 11.6 Å². The topological polar surface area (TPSA) is 87.2 Å². The number of piperazine rings is 1. The molecule has 2 aromatic carbocycles. The number of fused-ring (bicyclic) bond motifs is 1. The van der Waals surface area contributed by atoms with Crippen LogP contribution in [-0.4, -0.2) is 50.8 Å². The molecule has 0 aliphatic carbocycles. The highest BCUT2D eigenvalue weighted by molar-refractivity contribution is 6.34. The van der Waals surface area contributed by atoms with Gasteiger partial charge in [-0.05, 0) is 55.2 Å². The van der Waals surface area contributed by atoms with Gasteiger partial charge in [0.15, 0.2) is 0 Å². The Morgan fingerprint density at radius 3 is 2.59 bits per heavy atom. The molecule has 1 aliphatic heterocycles. The van der Waals surface area contributed by atoms with Crippen molar-refractivity contribution in [3.63, 3.8) is 0 Å². The van der Waals surface area contributed by atoms with Crippen LogP contribution in [0.3, 0.4) is 0 Å². The first-order valence-electron chi connectivity index (χ1n) is 13.7. The molecule has 0 spiro atoms. The number of carbonyl (C=O) groups is 1. The Hall–Kier alpha value is -4.35. The number of carbonyl (C=O) groups excluding carboxylic acids is 1. The van der Waals surface area contributed by atoms with E-state index in [1.807, 2.05) is 57.3 Å². The summed E-state index contributed by atoms with van der Waals surface area (Å²) in [5, 5.41) is 16.0. The van der Waals surface area contributed by atoms with Crippen LogP contribution in [0.2, 0.25) is 5.02 Å². The van der Waals surface area contributed by atoms with E-state index in [1.54, 1.807) is 20.3 Å². The summed E-state index contributed by atoms with van der Waals surface area (Å²) >= 11 is 6.99. The summed E-state index contributed by atoms with van der Waals surface area (Å²) in [6, 6.07) is 13.7. The molecule has 5 rings (SSSR count). The maximum absolute atomic E-state index is 14.4. The van der Waals surface area contributed by atoms with E-state index in [2.05, 4.69) is 36.5 Å². The van der Waals surface area contributed by atoms with Gasteiger partial charge >= 0.3 is 0 Å². The van der Waals surface area contributed by atoms with Crippen LogP contribution in [0.25, 0.3) is 27.8 Å². The normalized spacial score (nSPS) is 15.4. The highest BCUT2D eigenvalue weighted by Crippen LogP contribution is 2.40. The van der Waals surface area contributed by atoms with Crippen molar-refractivity contribution in [3.05, 3.63) is 87.3 Å². The number of aryl methyl sites for hydroxylation is 2. The third kappa shape index (κ3) is 4.70. The molecule has 4 aromatic rings. The standard InChI is InChI=1S/C32H33ClN6O2/c1-7-29(40)37-12-13-38(21(5)18-37)31-24-14-26(33)23(30-20(4)17-35-36(30)6)15-28(24)39(32(41)25(31)16-34)27-11-9-8-10-22(27)19(2)3/h7-11,14-15,17,19,21H,1,12-13,18H2,2-6H3/t21-/m0/s1. The minimum atomic E-state index is -0.394. The number of aromatic nitrogens is 3. The van der Waals surface area contributed by atoms with Crippen LogP contribution in [0.15, 0.2) is 60.0 Å². The molecule has 0 bridgehead atoms. The Kier molecular flexibility index (Phi) is 7.50. The van der Waals surface area contributed by atoms with Crippen LogP contribution in [-0.2, 0) is 11.8 Å². The van der Waals surface area contributed by atoms with E-state index in [0.29, 0.717) is 41.2 Å². The average molecular weight is 569 g/mol. The van der Waals surface area contributed by atoms with Crippen LogP contribution in [0.1, 0.15) is 43.4 Å². The van der Waals surface area contributed by atoms with Crippen molar-refractivity contribution >= 4 is 34.1 Å². The molecule has 1 aliphatic rings. The van der Waals surface area contributed by atoms with Crippen LogP contribution in [0.4, 0.5) is 5.69 Å². The van der Waals surface area contributed by atoms with Gasteiger partial charge < -0.3 is 9.80 Å². The van der Waals surface area contributed by atoms with Gasteiger partial charge in [-0.15, -0.1) is 0 Å². The number of nitrogens with zero attached hydrogens (tertiary/aromatic N) is 6. The monoisotopic (exact) mass is 568 g/mol. The lowest BCUT2D eigenvalue weighted by Gasteiger charge is -2.41. The summed E-state index contributed by atoms with van der Waals surface area (Å²) in [6.07, 6.45) is 3.10. The molecular weight excluding hydrogens is 536 g/mol. The lowest BCUT2D eigenvalue weighted by molar-refractivity contribution is -0.126. The predicted octanol–water partition coefficient (Wildman–Crippen LogP) is 5.57. The molecule has 1 fully saturated rings. The molecule has 41 heavy (non-hydrogen) atoms. The molecule has 1 atom stereocenters. The van der Waals surface area contributed by atoms with Crippen LogP contribution >= 0.6 is 11.6 Å². The van der Waals surface area contributed by atoms with Crippen molar-refractivity contribution < 1.29 is 4.79 Å².